The number of esters is 1. The van der Waals surface area contributed by atoms with Gasteiger partial charge in [-0.2, -0.15) is 10.8 Å². The first kappa shape index (κ1) is 27.1. The first-order chi connectivity index (χ1) is 18.6. The summed E-state index contributed by atoms with van der Waals surface area (Å²) in [6.07, 6.45) is 0.924. The zero-order valence-electron chi connectivity index (χ0n) is 21.4. The van der Waals surface area contributed by atoms with Gasteiger partial charge in [0.15, 0.2) is 5.76 Å². The molecule has 9 heteroatoms. The molecular formula is C29H32N4O5. The molecule has 0 saturated carbocycles. The van der Waals surface area contributed by atoms with Gasteiger partial charge >= 0.3 is 5.97 Å². The number of furan rings is 1. The van der Waals surface area contributed by atoms with Gasteiger partial charge in [-0.25, -0.2) is 9.86 Å². The van der Waals surface area contributed by atoms with Gasteiger partial charge in [-0.1, -0.05) is 48.4 Å². The van der Waals surface area contributed by atoms with Crippen LogP contribution in [0, 0.1) is 11.8 Å². The Morgan fingerprint density at radius 1 is 1.08 bits per heavy atom. The van der Waals surface area contributed by atoms with Gasteiger partial charge in [0.2, 0.25) is 6.41 Å². The molecule has 1 fully saturated rings. The van der Waals surface area contributed by atoms with E-state index < -0.39 is 0 Å². The van der Waals surface area contributed by atoms with Gasteiger partial charge in [-0.15, -0.1) is 0 Å². The maximum atomic E-state index is 12.2. The Morgan fingerprint density at radius 3 is 2.55 bits per heavy atom. The van der Waals surface area contributed by atoms with E-state index in [9.17, 15) is 9.59 Å². The van der Waals surface area contributed by atoms with Crippen LogP contribution in [-0.4, -0.2) is 67.1 Å². The van der Waals surface area contributed by atoms with E-state index in [2.05, 4.69) is 44.8 Å². The Labute approximate surface area is 222 Å². The molecule has 2 N–H and O–H groups in total. The van der Waals surface area contributed by atoms with E-state index in [-0.39, 0.29) is 18.6 Å². The predicted octanol–water partition coefficient (Wildman–Crippen LogP) is 2.98. The van der Waals surface area contributed by atoms with Crippen LogP contribution in [-0.2, 0) is 21.0 Å². The van der Waals surface area contributed by atoms with Gasteiger partial charge in [0.1, 0.15) is 5.76 Å². The molecule has 2 heterocycles. The third kappa shape index (κ3) is 7.09. The number of nitrogens with zero attached hydrogens (tertiary/aromatic N) is 3. The van der Waals surface area contributed by atoms with Crippen LogP contribution in [0.5, 0.6) is 0 Å². The van der Waals surface area contributed by atoms with Crippen molar-refractivity contribution in [3.63, 3.8) is 0 Å². The summed E-state index contributed by atoms with van der Waals surface area (Å²) in [6.45, 7) is 4.47. The third-order valence-corrected chi connectivity index (χ3v) is 6.47. The zero-order valence-corrected chi connectivity index (χ0v) is 21.4. The van der Waals surface area contributed by atoms with Crippen LogP contribution in [0.15, 0.2) is 71.1 Å². The third-order valence-electron chi connectivity index (χ3n) is 6.47. The minimum absolute atomic E-state index is 0.0354. The predicted molar refractivity (Wildman–Crippen MR) is 141 cm³/mol. The second-order valence-electron chi connectivity index (χ2n) is 8.91. The fraction of sp³-hybridized carbons (Fsp3) is 0.310. The summed E-state index contributed by atoms with van der Waals surface area (Å²) in [4.78, 5) is 32.0. The highest BCUT2D eigenvalue weighted by molar-refractivity contribution is 5.89. The highest BCUT2D eigenvalue weighted by Crippen LogP contribution is 2.30. The molecule has 1 unspecified atom stereocenters. The number of hydroxylamine groups is 2. The fourth-order valence-electron chi connectivity index (χ4n) is 4.58. The van der Waals surface area contributed by atoms with E-state index in [0.29, 0.717) is 30.7 Å². The van der Waals surface area contributed by atoms with Gasteiger partial charge < -0.3 is 9.15 Å². The van der Waals surface area contributed by atoms with Crippen LogP contribution in [0.3, 0.4) is 0 Å². The molecule has 1 amide bonds. The molecule has 0 aliphatic carbocycles. The number of carbonyl (C=O) groups is 2. The highest BCUT2D eigenvalue weighted by Gasteiger charge is 2.27. The molecule has 9 nitrogen and oxygen atoms in total. The number of hydrogen-bond acceptors (Lipinski definition) is 8. The Balaban J connectivity index is 1.38. The minimum atomic E-state index is -0.335. The Hall–Kier alpha value is -3.94. The van der Waals surface area contributed by atoms with E-state index in [1.807, 2.05) is 42.5 Å². The SMILES string of the molecule is COC(=O)c1cccc(C(c2ccccc2)N2CCN(Cc3ccc(C#CCCN(C=O)ON)o3)CC2)c1. The number of methoxy groups -OCH3 is 1. The van der Waals surface area contributed by atoms with E-state index in [1.165, 1.54) is 12.7 Å². The summed E-state index contributed by atoms with van der Waals surface area (Å²) < 4.78 is 10.8. The largest absolute Gasteiger partial charge is 0.465 e. The Morgan fingerprint density at radius 2 is 1.84 bits per heavy atom. The monoisotopic (exact) mass is 516 g/mol. The number of amides is 1. The molecule has 1 atom stereocenters. The smallest absolute Gasteiger partial charge is 0.337 e. The number of hydrogen-bond donors (Lipinski definition) is 1. The normalized spacial score (nSPS) is 14.8. The van der Waals surface area contributed by atoms with Gasteiger partial charge in [0, 0.05) is 32.6 Å². The zero-order chi connectivity index (χ0) is 26.7. The van der Waals surface area contributed by atoms with E-state index in [4.69, 9.17) is 15.1 Å². The first-order valence-electron chi connectivity index (χ1n) is 12.5. The van der Waals surface area contributed by atoms with Crippen LogP contribution in [0.2, 0.25) is 0 Å². The van der Waals surface area contributed by atoms with Crippen molar-refractivity contribution in [1.29, 1.82) is 0 Å². The molecule has 198 valence electrons. The maximum Gasteiger partial charge on any atom is 0.337 e. The standard InChI is InChI=1S/C29H32N4O5/c1-36-29(35)25-11-7-10-24(20-25)28(23-8-3-2-4-9-23)32-18-16-31(17-19-32)21-27-14-13-26(37-27)12-5-6-15-33(22-34)38-30/h2-4,7-11,13-14,20,22,28H,6,15-19,21,30H2,1H3. The molecule has 1 saturated heterocycles. The molecule has 0 bridgehead atoms. The molecule has 0 radical (unpaired) electrons. The number of ether oxygens (including phenoxy) is 1. The van der Waals surface area contributed by atoms with Crippen molar-refractivity contribution in [2.75, 3.05) is 39.8 Å². The fourth-order valence-corrected chi connectivity index (χ4v) is 4.58. The van der Waals surface area contributed by atoms with Crippen molar-refractivity contribution in [2.24, 2.45) is 5.90 Å². The van der Waals surface area contributed by atoms with E-state index in [1.54, 1.807) is 6.07 Å². The summed E-state index contributed by atoms with van der Waals surface area (Å²) >= 11 is 0. The Bertz CT molecular complexity index is 1260. The quantitative estimate of drug-likeness (QED) is 0.190. The molecular weight excluding hydrogens is 484 g/mol. The molecule has 1 aromatic heterocycles. The summed E-state index contributed by atoms with van der Waals surface area (Å²) in [7, 11) is 1.40. The second-order valence-corrected chi connectivity index (χ2v) is 8.91. The van der Waals surface area contributed by atoms with Gasteiger partial charge in [-0.3, -0.25) is 14.6 Å². The number of rotatable bonds is 10. The molecule has 2 aromatic carbocycles. The molecule has 3 aromatic rings. The molecule has 38 heavy (non-hydrogen) atoms. The van der Waals surface area contributed by atoms with Gasteiger partial charge in [0.25, 0.3) is 0 Å². The van der Waals surface area contributed by atoms with Crippen molar-refractivity contribution in [3.8, 4) is 11.8 Å². The average molecular weight is 517 g/mol. The van der Waals surface area contributed by atoms with Crippen molar-refractivity contribution < 1.29 is 23.7 Å². The lowest BCUT2D eigenvalue weighted by molar-refractivity contribution is -0.173. The van der Waals surface area contributed by atoms with Crippen molar-refractivity contribution >= 4 is 12.4 Å². The maximum absolute atomic E-state index is 12.2. The van der Waals surface area contributed by atoms with E-state index >= 15 is 0 Å². The topological polar surface area (TPSA) is 101 Å². The van der Waals surface area contributed by atoms with Crippen molar-refractivity contribution in [1.82, 2.24) is 14.9 Å². The highest BCUT2D eigenvalue weighted by atomic mass is 16.8. The van der Waals surface area contributed by atoms with Gasteiger partial charge in [0.05, 0.1) is 31.8 Å². The minimum Gasteiger partial charge on any atom is -0.465 e. The van der Waals surface area contributed by atoms with Crippen LogP contribution in [0.25, 0.3) is 0 Å². The summed E-state index contributed by atoms with van der Waals surface area (Å²) in [5.41, 5.74) is 2.80. The lowest BCUT2D eigenvalue weighted by atomic mass is 9.95. The molecule has 4 rings (SSSR count). The average Bonchev–Trinajstić information content (AvgIpc) is 3.41. The van der Waals surface area contributed by atoms with Crippen LogP contribution in [0.4, 0.5) is 0 Å². The lowest BCUT2D eigenvalue weighted by Gasteiger charge is -2.39. The number of carbonyl (C=O) groups excluding carboxylic acids is 2. The number of piperazine rings is 1. The Kier molecular flexibility index (Phi) is 9.67. The van der Waals surface area contributed by atoms with Crippen LogP contribution < -0.4 is 5.90 Å². The summed E-state index contributed by atoms with van der Waals surface area (Å²) in [5, 5.41) is 0.972. The number of benzene rings is 2. The van der Waals surface area contributed by atoms with Gasteiger partial charge in [-0.05, 0) is 41.3 Å². The van der Waals surface area contributed by atoms with E-state index in [0.717, 1.165) is 42.6 Å². The second kappa shape index (κ2) is 13.6. The summed E-state index contributed by atoms with van der Waals surface area (Å²) in [5.74, 6) is 12.0. The number of nitrogens with two attached hydrogens (primary N) is 1. The molecule has 1 aliphatic heterocycles. The van der Waals surface area contributed by atoms with Crippen LogP contribution >= 0.6 is 0 Å². The van der Waals surface area contributed by atoms with Crippen molar-refractivity contribution in [3.05, 3.63) is 94.9 Å². The molecule has 1 aliphatic rings. The molecule has 0 spiro atoms. The lowest BCUT2D eigenvalue weighted by Crippen LogP contribution is -2.47. The van der Waals surface area contributed by atoms with Crippen LogP contribution in [0.1, 0.15) is 45.5 Å². The summed E-state index contributed by atoms with van der Waals surface area (Å²) in [6, 6.07) is 21.9. The first-order valence-corrected chi connectivity index (χ1v) is 12.5. The van der Waals surface area contributed by atoms with Crippen molar-refractivity contribution in [2.45, 2.75) is 19.0 Å².